The molecule has 1 N–H and O–H groups in total. The van der Waals surface area contributed by atoms with Crippen LogP contribution in [0.4, 0.5) is 0 Å². The lowest BCUT2D eigenvalue weighted by molar-refractivity contribution is -0.142. The quantitative estimate of drug-likeness (QED) is 0.717. The average molecular weight is 365 g/mol. The number of carbonyl (C=O) groups excluding carboxylic acids is 1. The molecule has 134 valence electrons. The van der Waals surface area contributed by atoms with E-state index in [0.29, 0.717) is 11.5 Å². The van der Waals surface area contributed by atoms with Crippen LogP contribution in [0.3, 0.4) is 0 Å². The predicted molar refractivity (Wildman–Crippen MR) is 91.0 cm³/mol. The number of ether oxygens (including phenoxy) is 3. The highest BCUT2D eigenvalue weighted by Gasteiger charge is 2.15. The second-order valence-corrected chi connectivity index (χ2v) is 6.74. The van der Waals surface area contributed by atoms with Gasteiger partial charge in [-0.05, 0) is 30.3 Å². The minimum atomic E-state index is -3.69. The maximum absolute atomic E-state index is 12.4. The van der Waals surface area contributed by atoms with Crippen molar-refractivity contribution in [1.29, 1.82) is 0 Å². The zero-order valence-electron chi connectivity index (χ0n) is 13.9. The maximum Gasteiger partial charge on any atom is 0.343 e. The molecule has 0 saturated heterocycles. The van der Waals surface area contributed by atoms with E-state index < -0.39 is 16.0 Å². The topological polar surface area (TPSA) is 90.9 Å². The van der Waals surface area contributed by atoms with Gasteiger partial charge >= 0.3 is 5.97 Å². The Kier molecular flexibility index (Phi) is 6.37. The molecule has 0 bridgehead atoms. The number of rotatable bonds is 8. The normalized spacial score (nSPS) is 11.0. The van der Waals surface area contributed by atoms with Crippen LogP contribution in [0, 0.1) is 0 Å². The molecule has 0 radical (unpaired) electrons. The molecule has 0 heterocycles. The summed E-state index contributed by atoms with van der Waals surface area (Å²) in [4.78, 5) is 11.1. The highest BCUT2D eigenvalue weighted by molar-refractivity contribution is 7.89. The Balaban J connectivity index is 2.03. The molecule has 0 aliphatic carbocycles. The molecule has 7 nitrogen and oxygen atoms in total. The molecular formula is C17H19NO6S. The molecule has 0 aliphatic rings. The Morgan fingerprint density at radius 1 is 1.04 bits per heavy atom. The third-order valence-electron chi connectivity index (χ3n) is 3.36. The molecule has 25 heavy (non-hydrogen) atoms. The first-order valence-corrected chi connectivity index (χ1v) is 8.86. The van der Waals surface area contributed by atoms with Gasteiger partial charge < -0.3 is 14.2 Å². The van der Waals surface area contributed by atoms with E-state index in [9.17, 15) is 13.2 Å². The first-order chi connectivity index (χ1) is 12.0. The Morgan fingerprint density at radius 3 is 2.36 bits per heavy atom. The first-order valence-electron chi connectivity index (χ1n) is 7.37. The second kappa shape index (κ2) is 8.50. The number of hydrogen-bond donors (Lipinski definition) is 1. The van der Waals surface area contributed by atoms with Crippen LogP contribution >= 0.6 is 0 Å². The van der Waals surface area contributed by atoms with Gasteiger partial charge in [0.15, 0.2) is 6.61 Å². The molecule has 2 aromatic carbocycles. The molecule has 8 heteroatoms. The van der Waals surface area contributed by atoms with Gasteiger partial charge in [0, 0.05) is 12.1 Å². The molecule has 0 aliphatic heterocycles. The summed E-state index contributed by atoms with van der Waals surface area (Å²) in [5.74, 6) is 0.459. The van der Waals surface area contributed by atoms with Crippen LogP contribution < -0.4 is 14.2 Å². The fourth-order valence-corrected chi connectivity index (χ4v) is 3.03. The minimum Gasteiger partial charge on any atom is -0.496 e. The van der Waals surface area contributed by atoms with E-state index in [-0.39, 0.29) is 18.0 Å². The molecule has 0 unspecified atom stereocenters. The van der Waals surface area contributed by atoms with Gasteiger partial charge in [0.25, 0.3) is 0 Å². The summed E-state index contributed by atoms with van der Waals surface area (Å²) in [5, 5.41) is 0. The number of sulfonamides is 1. The third kappa shape index (κ3) is 5.20. The van der Waals surface area contributed by atoms with Crippen molar-refractivity contribution in [2.45, 2.75) is 11.4 Å². The zero-order valence-corrected chi connectivity index (χ0v) is 14.7. The number of nitrogens with one attached hydrogen (secondary N) is 1. The van der Waals surface area contributed by atoms with Gasteiger partial charge in [-0.2, -0.15) is 0 Å². The van der Waals surface area contributed by atoms with E-state index in [2.05, 4.69) is 9.46 Å². The standard InChI is InChI=1S/C17H19NO6S/c1-22-16-6-4-3-5-13(16)11-18-25(20,21)15-9-7-14(8-10-15)24-12-17(19)23-2/h3-10,18H,11-12H2,1-2H3. The second-order valence-electron chi connectivity index (χ2n) is 4.97. The van der Waals surface area contributed by atoms with E-state index in [0.717, 1.165) is 5.56 Å². The minimum absolute atomic E-state index is 0.0906. The predicted octanol–water partition coefficient (Wildman–Crippen LogP) is 1.73. The highest BCUT2D eigenvalue weighted by atomic mass is 32.2. The van der Waals surface area contributed by atoms with Crippen molar-refractivity contribution in [1.82, 2.24) is 4.72 Å². The Bertz CT molecular complexity index is 817. The van der Waals surface area contributed by atoms with Crippen LogP contribution in [0.15, 0.2) is 53.4 Å². The Morgan fingerprint density at radius 2 is 1.72 bits per heavy atom. The van der Waals surface area contributed by atoms with Gasteiger partial charge in [-0.1, -0.05) is 18.2 Å². The van der Waals surface area contributed by atoms with Crippen molar-refractivity contribution >= 4 is 16.0 Å². The lowest BCUT2D eigenvalue weighted by Gasteiger charge is -2.11. The van der Waals surface area contributed by atoms with Crippen LogP contribution in [0.5, 0.6) is 11.5 Å². The molecule has 0 atom stereocenters. The monoisotopic (exact) mass is 365 g/mol. The van der Waals surface area contributed by atoms with Crippen LogP contribution in [0.25, 0.3) is 0 Å². The largest absolute Gasteiger partial charge is 0.496 e. The fourth-order valence-electron chi connectivity index (χ4n) is 2.02. The van der Waals surface area contributed by atoms with Gasteiger partial charge in [-0.15, -0.1) is 0 Å². The summed E-state index contributed by atoms with van der Waals surface area (Å²) >= 11 is 0. The Hall–Kier alpha value is -2.58. The van der Waals surface area contributed by atoms with Crippen molar-refractivity contribution in [2.75, 3.05) is 20.8 Å². The number of para-hydroxylation sites is 1. The van der Waals surface area contributed by atoms with Crippen molar-refractivity contribution in [3.05, 3.63) is 54.1 Å². The summed E-state index contributed by atoms with van der Waals surface area (Å²) in [6.07, 6.45) is 0. The fraction of sp³-hybridized carbons (Fsp3) is 0.235. The summed E-state index contributed by atoms with van der Waals surface area (Å²) in [7, 11) is -0.902. The van der Waals surface area contributed by atoms with Gasteiger partial charge in [-0.3, -0.25) is 0 Å². The lowest BCUT2D eigenvalue weighted by Crippen LogP contribution is -2.23. The summed E-state index contributed by atoms with van der Waals surface area (Å²) in [6.45, 7) is -0.137. The SMILES string of the molecule is COC(=O)COc1ccc(S(=O)(=O)NCc2ccccc2OC)cc1. The van der Waals surface area contributed by atoms with Crippen LogP contribution in [-0.2, 0) is 26.1 Å². The van der Waals surface area contributed by atoms with E-state index in [4.69, 9.17) is 9.47 Å². The summed E-state index contributed by atoms with van der Waals surface area (Å²) in [6, 6.07) is 12.9. The van der Waals surface area contributed by atoms with Gasteiger partial charge in [0.1, 0.15) is 11.5 Å². The number of hydrogen-bond acceptors (Lipinski definition) is 6. The van der Waals surface area contributed by atoms with Crippen molar-refractivity contribution in [3.8, 4) is 11.5 Å². The van der Waals surface area contributed by atoms with Crippen LogP contribution in [0.2, 0.25) is 0 Å². The molecule has 0 saturated carbocycles. The number of carbonyl (C=O) groups is 1. The molecular weight excluding hydrogens is 346 g/mol. The first kappa shape index (κ1) is 18.8. The summed E-state index contributed by atoms with van der Waals surface area (Å²) < 4.78 is 42.1. The molecule has 0 spiro atoms. The number of benzene rings is 2. The van der Waals surface area contributed by atoms with Crippen molar-refractivity contribution in [2.24, 2.45) is 0 Å². The van der Waals surface area contributed by atoms with E-state index in [1.54, 1.807) is 18.2 Å². The van der Waals surface area contributed by atoms with Gasteiger partial charge in [-0.25, -0.2) is 17.9 Å². The van der Waals surface area contributed by atoms with Crippen LogP contribution in [-0.4, -0.2) is 35.2 Å². The Labute approximate surface area is 146 Å². The molecule has 0 amide bonds. The van der Waals surface area contributed by atoms with E-state index in [1.807, 2.05) is 6.07 Å². The molecule has 2 aromatic rings. The average Bonchev–Trinajstić information content (AvgIpc) is 2.65. The van der Waals surface area contributed by atoms with Gasteiger partial charge in [0.05, 0.1) is 19.1 Å². The molecule has 0 fully saturated rings. The maximum atomic E-state index is 12.4. The highest BCUT2D eigenvalue weighted by Crippen LogP contribution is 2.19. The summed E-state index contributed by atoms with van der Waals surface area (Å²) in [5.41, 5.74) is 0.728. The molecule has 2 rings (SSSR count). The number of esters is 1. The zero-order chi connectivity index (χ0) is 18.3. The third-order valence-corrected chi connectivity index (χ3v) is 4.78. The number of methoxy groups -OCH3 is 2. The van der Waals surface area contributed by atoms with Crippen LogP contribution in [0.1, 0.15) is 5.56 Å². The van der Waals surface area contributed by atoms with Crippen molar-refractivity contribution < 1.29 is 27.4 Å². The lowest BCUT2D eigenvalue weighted by atomic mass is 10.2. The van der Waals surface area contributed by atoms with E-state index >= 15 is 0 Å². The van der Waals surface area contributed by atoms with Gasteiger partial charge in [0.2, 0.25) is 10.0 Å². The van der Waals surface area contributed by atoms with Crippen molar-refractivity contribution in [3.63, 3.8) is 0 Å². The smallest absolute Gasteiger partial charge is 0.343 e. The molecule has 0 aromatic heterocycles. The van der Waals surface area contributed by atoms with E-state index in [1.165, 1.54) is 38.5 Å².